The highest BCUT2D eigenvalue weighted by molar-refractivity contribution is 5.92. The van der Waals surface area contributed by atoms with Crippen molar-refractivity contribution in [1.29, 1.82) is 0 Å². The van der Waals surface area contributed by atoms with E-state index in [1.807, 2.05) is 42.5 Å². The maximum absolute atomic E-state index is 5.72. The summed E-state index contributed by atoms with van der Waals surface area (Å²) in [4.78, 5) is 9.69. The molecule has 0 bridgehead atoms. The predicted molar refractivity (Wildman–Crippen MR) is 124 cm³/mol. The number of fused-ring (bicyclic) bond motifs is 2. The van der Waals surface area contributed by atoms with Gasteiger partial charge >= 0.3 is 0 Å². The summed E-state index contributed by atoms with van der Waals surface area (Å²) in [5, 5.41) is 4.42. The molecule has 1 aliphatic heterocycles. The lowest BCUT2D eigenvalue weighted by atomic mass is 9.87. The number of nitrogens with one attached hydrogen (secondary N) is 1. The largest absolute Gasteiger partial charge is 0.486 e. The van der Waals surface area contributed by atoms with Gasteiger partial charge < -0.3 is 14.8 Å². The third-order valence-electron chi connectivity index (χ3n) is 5.42. The van der Waals surface area contributed by atoms with Gasteiger partial charge in [-0.1, -0.05) is 57.2 Å². The first kappa shape index (κ1) is 19.4. The highest BCUT2D eigenvalue weighted by Crippen LogP contribution is 2.35. The smallest absolute Gasteiger partial charge is 0.163 e. The number of rotatable bonds is 3. The average molecular weight is 412 g/mol. The Bertz CT molecular complexity index is 1240. The van der Waals surface area contributed by atoms with Crippen LogP contribution in [-0.4, -0.2) is 23.2 Å². The van der Waals surface area contributed by atoms with Crippen molar-refractivity contribution < 1.29 is 9.47 Å². The Balaban J connectivity index is 1.55. The van der Waals surface area contributed by atoms with Crippen LogP contribution in [0.1, 0.15) is 26.3 Å². The molecule has 3 aromatic carbocycles. The van der Waals surface area contributed by atoms with Gasteiger partial charge in [-0.2, -0.15) is 0 Å². The van der Waals surface area contributed by atoms with Gasteiger partial charge in [-0.3, -0.25) is 0 Å². The molecule has 2 heterocycles. The first-order chi connectivity index (χ1) is 15.0. The van der Waals surface area contributed by atoms with Crippen LogP contribution in [-0.2, 0) is 5.41 Å². The van der Waals surface area contributed by atoms with Crippen molar-refractivity contribution in [2.75, 3.05) is 18.5 Å². The molecule has 0 amide bonds. The quantitative estimate of drug-likeness (QED) is 0.441. The van der Waals surface area contributed by atoms with Crippen molar-refractivity contribution in [2.45, 2.75) is 26.2 Å². The standard InChI is InChI=1S/C26H25N3O2/c1-26(2,3)18-10-8-17(9-11-18)24-28-21-7-5-4-6-20(21)25(29-24)27-19-12-13-22-23(16-19)31-15-14-30-22/h4-13,16H,14-15H2,1-3H3,(H,27,28,29). The highest BCUT2D eigenvalue weighted by Gasteiger charge is 2.16. The summed E-state index contributed by atoms with van der Waals surface area (Å²) < 4.78 is 11.4. The van der Waals surface area contributed by atoms with Crippen molar-refractivity contribution in [3.8, 4) is 22.9 Å². The first-order valence-electron chi connectivity index (χ1n) is 10.5. The van der Waals surface area contributed by atoms with Crippen molar-refractivity contribution in [2.24, 2.45) is 0 Å². The van der Waals surface area contributed by atoms with Gasteiger partial charge in [0, 0.05) is 22.7 Å². The van der Waals surface area contributed by atoms with Gasteiger partial charge in [-0.05, 0) is 35.2 Å². The van der Waals surface area contributed by atoms with Crippen LogP contribution >= 0.6 is 0 Å². The van der Waals surface area contributed by atoms with Crippen LogP contribution < -0.4 is 14.8 Å². The number of benzene rings is 3. The van der Waals surface area contributed by atoms with E-state index < -0.39 is 0 Å². The summed E-state index contributed by atoms with van der Waals surface area (Å²) in [6, 6.07) is 22.4. The minimum absolute atomic E-state index is 0.105. The normalized spacial score (nSPS) is 13.3. The van der Waals surface area contributed by atoms with E-state index in [-0.39, 0.29) is 5.41 Å². The number of ether oxygens (including phenoxy) is 2. The Labute approximate surface area is 182 Å². The van der Waals surface area contributed by atoms with E-state index in [9.17, 15) is 0 Å². The van der Waals surface area contributed by atoms with Crippen molar-refractivity contribution in [3.05, 3.63) is 72.3 Å². The molecule has 5 heteroatoms. The second-order valence-corrected chi connectivity index (χ2v) is 8.72. The Morgan fingerprint density at radius 2 is 1.55 bits per heavy atom. The molecular weight excluding hydrogens is 386 g/mol. The van der Waals surface area contributed by atoms with Gasteiger partial charge in [-0.15, -0.1) is 0 Å². The second kappa shape index (κ2) is 7.58. The van der Waals surface area contributed by atoms with Crippen molar-refractivity contribution in [1.82, 2.24) is 9.97 Å². The molecule has 0 atom stereocenters. The van der Waals surface area contributed by atoms with Crippen LogP contribution in [0.4, 0.5) is 11.5 Å². The molecule has 1 N–H and O–H groups in total. The van der Waals surface area contributed by atoms with Crippen LogP contribution in [0.15, 0.2) is 66.7 Å². The number of para-hydroxylation sites is 1. The fourth-order valence-electron chi connectivity index (χ4n) is 3.68. The third kappa shape index (κ3) is 3.91. The lowest BCUT2D eigenvalue weighted by Crippen LogP contribution is -2.15. The number of aromatic nitrogens is 2. The molecule has 0 saturated heterocycles. The zero-order valence-corrected chi connectivity index (χ0v) is 18.0. The molecule has 31 heavy (non-hydrogen) atoms. The zero-order valence-electron chi connectivity index (χ0n) is 18.0. The molecule has 4 aromatic rings. The highest BCUT2D eigenvalue weighted by atomic mass is 16.6. The zero-order chi connectivity index (χ0) is 21.4. The van der Waals surface area contributed by atoms with Gasteiger partial charge in [-0.25, -0.2) is 9.97 Å². The van der Waals surface area contributed by atoms with Crippen LogP contribution in [0.25, 0.3) is 22.3 Å². The van der Waals surface area contributed by atoms with Crippen LogP contribution in [0.5, 0.6) is 11.5 Å². The average Bonchev–Trinajstić information content (AvgIpc) is 2.78. The Kier molecular flexibility index (Phi) is 4.74. The second-order valence-electron chi connectivity index (χ2n) is 8.72. The lowest BCUT2D eigenvalue weighted by Gasteiger charge is -2.20. The topological polar surface area (TPSA) is 56.3 Å². The number of nitrogens with zero attached hydrogens (tertiary/aromatic N) is 2. The molecule has 1 aliphatic rings. The molecule has 0 unspecified atom stereocenters. The van der Waals surface area contributed by atoms with E-state index in [4.69, 9.17) is 19.4 Å². The Hall–Kier alpha value is -3.60. The predicted octanol–water partition coefficient (Wildman–Crippen LogP) is 6.11. The van der Waals surface area contributed by atoms with E-state index in [0.717, 1.165) is 39.5 Å². The summed E-state index contributed by atoms with van der Waals surface area (Å²) >= 11 is 0. The molecular formula is C26H25N3O2. The molecule has 156 valence electrons. The SMILES string of the molecule is CC(C)(C)c1ccc(-c2nc(Nc3ccc4c(c3)OCCO4)c3ccccc3n2)cc1. The number of anilines is 2. The van der Waals surface area contributed by atoms with Crippen LogP contribution in [0, 0.1) is 0 Å². The maximum atomic E-state index is 5.72. The van der Waals surface area contributed by atoms with Crippen LogP contribution in [0.3, 0.4) is 0 Å². The van der Waals surface area contributed by atoms with Crippen molar-refractivity contribution >= 4 is 22.4 Å². The van der Waals surface area contributed by atoms with Gasteiger partial charge in [0.2, 0.25) is 0 Å². The summed E-state index contributed by atoms with van der Waals surface area (Å²) in [6.07, 6.45) is 0. The fourth-order valence-corrected chi connectivity index (χ4v) is 3.68. The Morgan fingerprint density at radius 1 is 0.806 bits per heavy atom. The lowest BCUT2D eigenvalue weighted by molar-refractivity contribution is 0.171. The number of hydrogen-bond donors (Lipinski definition) is 1. The summed E-state index contributed by atoms with van der Waals surface area (Å²) in [5.41, 5.74) is 4.17. The summed E-state index contributed by atoms with van der Waals surface area (Å²) in [7, 11) is 0. The molecule has 0 spiro atoms. The Morgan fingerprint density at radius 3 is 2.32 bits per heavy atom. The minimum atomic E-state index is 0.105. The number of hydrogen-bond acceptors (Lipinski definition) is 5. The molecule has 0 radical (unpaired) electrons. The van der Waals surface area contributed by atoms with Crippen molar-refractivity contribution in [3.63, 3.8) is 0 Å². The van der Waals surface area contributed by atoms with E-state index >= 15 is 0 Å². The minimum Gasteiger partial charge on any atom is -0.486 e. The van der Waals surface area contributed by atoms with Gasteiger partial charge in [0.15, 0.2) is 17.3 Å². The molecule has 5 rings (SSSR count). The molecule has 0 aliphatic carbocycles. The summed E-state index contributed by atoms with van der Waals surface area (Å²) in [6.45, 7) is 7.77. The van der Waals surface area contributed by atoms with E-state index in [1.165, 1.54) is 5.56 Å². The first-order valence-corrected chi connectivity index (χ1v) is 10.5. The fraction of sp³-hybridized carbons (Fsp3) is 0.231. The van der Waals surface area contributed by atoms with Gasteiger partial charge in [0.25, 0.3) is 0 Å². The molecule has 0 fully saturated rings. The third-order valence-corrected chi connectivity index (χ3v) is 5.42. The van der Waals surface area contributed by atoms with Gasteiger partial charge in [0.1, 0.15) is 19.0 Å². The van der Waals surface area contributed by atoms with E-state index in [0.29, 0.717) is 19.0 Å². The monoisotopic (exact) mass is 411 g/mol. The van der Waals surface area contributed by atoms with Gasteiger partial charge in [0.05, 0.1) is 5.52 Å². The molecule has 5 nitrogen and oxygen atoms in total. The van der Waals surface area contributed by atoms with E-state index in [1.54, 1.807) is 0 Å². The van der Waals surface area contributed by atoms with E-state index in [2.05, 4.69) is 50.4 Å². The maximum Gasteiger partial charge on any atom is 0.163 e. The summed E-state index contributed by atoms with van der Waals surface area (Å²) in [5.74, 6) is 2.97. The van der Waals surface area contributed by atoms with Crippen LogP contribution in [0.2, 0.25) is 0 Å². The molecule has 1 aromatic heterocycles. The molecule has 0 saturated carbocycles.